The van der Waals surface area contributed by atoms with Gasteiger partial charge in [0.25, 0.3) is 0 Å². The zero-order valence-electron chi connectivity index (χ0n) is 16.0. The van der Waals surface area contributed by atoms with Crippen molar-refractivity contribution in [2.24, 2.45) is 0 Å². The Bertz CT molecular complexity index is 794. The maximum Gasteiger partial charge on any atom is 0.135 e. The zero-order chi connectivity index (χ0) is 18.2. The Labute approximate surface area is 160 Å². The van der Waals surface area contributed by atoms with Crippen molar-refractivity contribution in [1.82, 2.24) is 24.4 Å². The second-order valence-electron chi connectivity index (χ2n) is 8.03. The second-order valence-corrected chi connectivity index (χ2v) is 8.03. The van der Waals surface area contributed by atoms with E-state index in [1.165, 1.54) is 31.4 Å². The molecule has 0 N–H and O–H groups in total. The molecular formula is C20H28N6O. The van der Waals surface area contributed by atoms with Crippen LogP contribution >= 0.6 is 0 Å². The highest BCUT2D eigenvalue weighted by Crippen LogP contribution is 2.35. The van der Waals surface area contributed by atoms with Gasteiger partial charge in [0.05, 0.1) is 12.3 Å². The van der Waals surface area contributed by atoms with Gasteiger partial charge in [0.15, 0.2) is 0 Å². The van der Waals surface area contributed by atoms with E-state index >= 15 is 0 Å². The third-order valence-corrected chi connectivity index (χ3v) is 6.04. The largest absolute Gasteiger partial charge is 0.372 e. The number of hydrogen-bond donors (Lipinski definition) is 0. The van der Waals surface area contributed by atoms with Crippen LogP contribution in [-0.2, 0) is 24.4 Å². The first-order chi connectivity index (χ1) is 13.3. The lowest BCUT2D eigenvalue weighted by atomic mass is 10.0. The molecule has 2 aromatic heterocycles. The van der Waals surface area contributed by atoms with E-state index in [1.807, 2.05) is 6.20 Å². The third kappa shape index (κ3) is 3.58. The molecule has 0 bridgehead atoms. The molecule has 0 radical (unpaired) electrons. The lowest BCUT2D eigenvalue weighted by molar-refractivity contribution is 0.0792. The van der Waals surface area contributed by atoms with Gasteiger partial charge in [-0.3, -0.25) is 4.90 Å². The number of rotatable bonds is 5. The fourth-order valence-electron chi connectivity index (χ4n) is 4.48. The Morgan fingerprint density at radius 3 is 2.67 bits per heavy atom. The Morgan fingerprint density at radius 2 is 1.89 bits per heavy atom. The standard InChI is InChI=1S/C20H28N6O/c1-15-10-19(23-14-22-15)26(16-2-3-16)17-4-6-24(7-5-17)12-18-11-21-20-13-27-9-8-25(18)20/h10-11,14,16-17H,2-9,12-13H2,1H3. The van der Waals surface area contributed by atoms with Gasteiger partial charge in [-0.25, -0.2) is 15.0 Å². The van der Waals surface area contributed by atoms with Gasteiger partial charge >= 0.3 is 0 Å². The quantitative estimate of drug-likeness (QED) is 0.806. The number of aromatic nitrogens is 4. The summed E-state index contributed by atoms with van der Waals surface area (Å²) in [7, 11) is 0. The van der Waals surface area contributed by atoms with Gasteiger partial charge in [0.2, 0.25) is 0 Å². The van der Waals surface area contributed by atoms with Crippen LogP contribution in [0.5, 0.6) is 0 Å². The van der Waals surface area contributed by atoms with E-state index in [0.717, 1.165) is 50.1 Å². The number of piperidine rings is 1. The topological polar surface area (TPSA) is 59.3 Å². The summed E-state index contributed by atoms with van der Waals surface area (Å²) in [6.07, 6.45) is 8.74. The Balaban J connectivity index is 1.24. The maximum absolute atomic E-state index is 5.51. The number of nitrogens with zero attached hydrogens (tertiary/aromatic N) is 6. The third-order valence-electron chi connectivity index (χ3n) is 6.04. The molecule has 7 heteroatoms. The van der Waals surface area contributed by atoms with Crippen molar-refractivity contribution >= 4 is 5.82 Å². The highest BCUT2D eigenvalue weighted by atomic mass is 16.5. The molecule has 2 aromatic rings. The summed E-state index contributed by atoms with van der Waals surface area (Å²) in [6, 6.07) is 3.42. The molecule has 0 atom stereocenters. The Hall–Kier alpha value is -1.99. The van der Waals surface area contributed by atoms with Crippen molar-refractivity contribution in [2.45, 2.75) is 64.4 Å². The van der Waals surface area contributed by atoms with Gasteiger partial charge in [-0.15, -0.1) is 0 Å². The average Bonchev–Trinajstić information content (AvgIpc) is 3.44. The monoisotopic (exact) mass is 368 g/mol. The smallest absolute Gasteiger partial charge is 0.135 e. The first-order valence-corrected chi connectivity index (χ1v) is 10.2. The van der Waals surface area contributed by atoms with Gasteiger partial charge in [-0.2, -0.15) is 0 Å². The summed E-state index contributed by atoms with van der Waals surface area (Å²) in [4.78, 5) is 18.6. The van der Waals surface area contributed by atoms with E-state index in [1.54, 1.807) is 6.33 Å². The summed E-state index contributed by atoms with van der Waals surface area (Å²) in [5.41, 5.74) is 2.38. The van der Waals surface area contributed by atoms with Crippen molar-refractivity contribution in [3.8, 4) is 0 Å². The molecule has 1 saturated carbocycles. The van der Waals surface area contributed by atoms with Crippen LogP contribution in [0.4, 0.5) is 5.82 Å². The highest BCUT2D eigenvalue weighted by molar-refractivity contribution is 5.43. The number of ether oxygens (including phenoxy) is 1. The molecule has 1 aliphatic carbocycles. The molecule has 4 heterocycles. The van der Waals surface area contributed by atoms with Crippen molar-refractivity contribution in [2.75, 3.05) is 24.6 Å². The molecule has 27 heavy (non-hydrogen) atoms. The number of imidazole rings is 1. The van der Waals surface area contributed by atoms with E-state index in [9.17, 15) is 0 Å². The molecule has 3 aliphatic rings. The summed E-state index contributed by atoms with van der Waals surface area (Å²) in [5.74, 6) is 2.19. The van der Waals surface area contributed by atoms with Crippen LogP contribution < -0.4 is 4.90 Å². The SMILES string of the molecule is Cc1cc(N(C2CC2)C2CCN(Cc3cnc4n3CCOC4)CC2)ncn1. The highest BCUT2D eigenvalue weighted by Gasteiger charge is 2.36. The predicted molar refractivity (Wildman–Crippen MR) is 102 cm³/mol. The van der Waals surface area contributed by atoms with Crippen molar-refractivity contribution < 1.29 is 4.74 Å². The van der Waals surface area contributed by atoms with E-state index in [0.29, 0.717) is 18.7 Å². The molecule has 5 rings (SSSR count). The lowest BCUT2D eigenvalue weighted by Gasteiger charge is -2.39. The normalized spacial score (nSPS) is 21.2. The van der Waals surface area contributed by atoms with Crippen LogP contribution in [0.1, 0.15) is 42.9 Å². The molecule has 2 fully saturated rings. The van der Waals surface area contributed by atoms with Crippen molar-refractivity contribution in [3.63, 3.8) is 0 Å². The predicted octanol–water partition coefficient (Wildman–Crippen LogP) is 2.15. The number of anilines is 1. The van der Waals surface area contributed by atoms with Crippen LogP contribution in [0.3, 0.4) is 0 Å². The summed E-state index contributed by atoms with van der Waals surface area (Å²) < 4.78 is 7.85. The average molecular weight is 368 g/mol. The summed E-state index contributed by atoms with van der Waals surface area (Å²) in [6.45, 7) is 7.70. The summed E-state index contributed by atoms with van der Waals surface area (Å²) in [5, 5.41) is 0. The van der Waals surface area contributed by atoms with E-state index in [4.69, 9.17) is 4.74 Å². The van der Waals surface area contributed by atoms with Crippen LogP contribution in [-0.4, -0.2) is 56.2 Å². The number of hydrogen-bond acceptors (Lipinski definition) is 6. The van der Waals surface area contributed by atoms with E-state index in [-0.39, 0.29) is 0 Å². The molecule has 0 spiro atoms. The number of likely N-dealkylation sites (tertiary alicyclic amines) is 1. The minimum atomic E-state index is 0.593. The first kappa shape index (κ1) is 17.1. The minimum Gasteiger partial charge on any atom is -0.372 e. The molecule has 2 aliphatic heterocycles. The van der Waals surface area contributed by atoms with Crippen molar-refractivity contribution in [1.29, 1.82) is 0 Å². The second kappa shape index (κ2) is 7.20. The van der Waals surface area contributed by atoms with Crippen LogP contribution in [0.25, 0.3) is 0 Å². The molecular weight excluding hydrogens is 340 g/mol. The van der Waals surface area contributed by atoms with Crippen LogP contribution in [0.2, 0.25) is 0 Å². The molecule has 7 nitrogen and oxygen atoms in total. The molecule has 144 valence electrons. The Morgan fingerprint density at radius 1 is 1.07 bits per heavy atom. The molecule has 0 unspecified atom stereocenters. The van der Waals surface area contributed by atoms with Gasteiger partial charge in [-0.1, -0.05) is 0 Å². The zero-order valence-corrected chi connectivity index (χ0v) is 16.0. The van der Waals surface area contributed by atoms with Gasteiger partial charge in [-0.05, 0) is 32.6 Å². The van der Waals surface area contributed by atoms with Crippen LogP contribution in [0.15, 0.2) is 18.6 Å². The fourth-order valence-corrected chi connectivity index (χ4v) is 4.48. The molecule has 1 saturated heterocycles. The van der Waals surface area contributed by atoms with Gasteiger partial charge < -0.3 is 14.2 Å². The molecule has 0 aromatic carbocycles. The lowest BCUT2D eigenvalue weighted by Crippen LogP contribution is -2.46. The van der Waals surface area contributed by atoms with Gasteiger partial charge in [0, 0.05) is 56.2 Å². The minimum absolute atomic E-state index is 0.593. The first-order valence-electron chi connectivity index (χ1n) is 10.2. The van der Waals surface area contributed by atoms with E-state index in [2.05, 4.69) is 42.3 Å². The van der Waals surface area contributed by atoms with Gasteiger partial charge in [0.1, 0.15) is 24.6 Å². The Kier molecular flexibility index (Phi) is 4.57. The van der Waals surface area contributed by atoms with Crippen LogP contribution in [0, 0.1) is 6.92 Å². The number of fused-ring (bicyclic) bond motifs is 1. The molecule has 0 amide bonds. The van der Waals surface area contributed by atoms with E-state index < -0.39 is 0 Å². The maximum atomic E-state index is 5.51. The summed E-state index contributed by atoms with van der Waals surface area (Å²) >= 11 is 0. The fraction of sp³-hybridized carbons (Fsp3) is 0.650. The number of aryl methyl sites for hydroxylation is 1. The van der Waals surface area contributed by atoms with Crippen molar-refractivity contribution in [3.05, 3.63) is 35.8 Å².